The highest BCUT2D eigenvalue weighted by Gasteiger charge is 2.35. The van der Waals surface area contributed by atoms with Crippen molar-refractivity contribution in [3.8, 4) is 0 Å². The Bertz CT molecular complexity index is 777. The molecule has 1 N–H and O–H groups in total. The molecule has 0 aromatic carbocycles. The van der Waals surface area contributed by atoms with E-state index in [1.807, 2.05) is 18.5 Å². The summed E-state index contributed by atoms with van der Waals surface area (Å²) in [4.78, 5) is 29.8. The topological polar surface area (TPSA) is 88.3 Å². The molecule has 0 spiro atoms. The van der Waals surface area contributed by atoms with Crippen molar-refractivity contribution in [2.75, 3.05) is 6.54 Å². The number of fused-ring (bicyclic) bond motifs is 1. The zero-order valence-electron chi connectivity index (χ0n) is 13.5. The molecule has 1 aliphatic rings. The van der Waals surface area contributed by atoms with Crippen LogP contribution in [0, 0.1) is 6.92 Å². The molecule has 2 heterocycles. The second kappa shape index (κ2) is 5.64. The average Bonchev–Trinajstić information content (AvgIpc) is 3.23. The van der Waals surface area contributed by atoms with Crippen LogP contribution in [-0.4, -0.2) is 49.2 Å². The quantitative estimate of drug-likeness (QED) is 0.911. The highest BCUT2D eigenvalue weighted by Crippen LogP contribution is 2.29. The zero-order valence-corrected chi connectivity index (χ0v) is 13.5. The molecule has 1 amide bonds. The van der Waals surface area contributed by atoms with E-state index < -0.39 is 5.97 Å². The van der Waals surface area contributed by atoms with E-state index in [2.05, 4.69) is 10.1 Å². The molecular weight excluding hydrogens is 296 g/mol. The monoisotopic (exact) mass is 316 g/mol. The Labute approximate surface area is 133 Å². The molecule has 2 aromatic rings. The number of nitrogens with zero attached hydrogens (tertiary/aromatic N) is 4. The van der Waals surface area contributed by atoms with Crippen LogP contribution in [0.25, 0.3) is 11.0 Å². The molecule has 0 saturated heterocycles. The Morgan fingerprint density at radius 3 is 2.70 bits per heavy atom. The van der Waals surface area contributed by atoms with E-state index in [0.29, 0.717) is 11.3 Å². The SMILES string of the molecule is Cc1nc2c(cnn2C(C)C)cc1C(=O)N(CC(=O)O)C1CC1. The van der Waals surface area contributed by atoms with Crippen LogP contribution in [0.4, 0.5) is 0 Å². The Morgan fingerprint density at radius 2 is 2.13 bits per heavy atom. The summed E-state index contributed by atoms with van der Waals surface area (Å²) in [5.74, 6) is -1.26. The van der Waals surface area contributed by atoms with E-state index in [9.17, 15) is 9.59 Å². The van der Waals surface area contributed by atoms with E-state index >= 15 is 0 Å². The second-order valence-corrected chi connectivity index (χ2v) is 6.28. The molecule has 3 rings (SSSR count). The molecule has 1 saturated carbocycles. The summed E-state index contributed by atoms with van der Waals surface area (Å²) in [5, 5.41) is 14.1. The number of carbonyl (C=O) groups is 2. The summed E-state index contributed by atoms with van der Waals surface area (Å²) in [5.41, 5.74) is 1.79. The van der Waals surface area contributed by atoms with Gasteiger partial charge in [-0.3, -0.25) is 9.59 Å². The molecular formula is C16H20N4O3. The molecule has 23 heavy (non-hydrogen) atoms. The molecule has 1 fully saturated rings. The van der Waals surface area contributed by atoms with Crippen molar-refractivity contribution >= 4 is 22.9 Å². The van der Waals surface area contributed by atoms with Gasteiger partial charge < -0.3 is 10.0 Å². The van der Waals surface area contributed by atoms with Crippen molar-refractivity contribution in [1.82, 2.24) is 19.7 Å². The first-order chi connectivity index (χ1) is 10.9. The molecule has 2 aromatic heterocycles. The summed E-state index contributed by atoms with van der Waals surface area (Å²) in [6, 6.07) is 1.98. The van der Waals surface area contributed by atoms with Gasteiger partial charge in [0.1, 0.15) is 6.54 Å². The van der Waals surface area contributed by atoms with Crippen LogP contribution in [0.2, 0.25) is 0 Å². The maximum Gasteiger partial charge on any atom is 0.323 e. The standard InChI is InChI=1S/C16H20N4O3/c1-9(2)20-15-11(7-17-20)6-13(10(3)18-15)16(23)19(8-14(21)22)12-4-5-12/h6-7,9,12H,4-5,8H2,1-3H3,(H,21,22). The van der Waals surface area contributed by atoms with E-state index in [4.69, 9.17) is 5.11 Å². The van der Waals surface area contributed by atoms with Gasteiger partial charge in [0, 0.05) is 17.5 Å². The van der Waals surface area contributed by atoms with Crippen LogP contribution in [-0.2, 0) is 4.79 Å². The van der Waals surface area contributed by atoms with E-state index in [1.54, 1.807) is 19.2 Å². The lowest BCUT2D eigenvalue weighted by Gasteiger charge is -2.21. The first-order valence-electron chi connectivity index (χ1n) is 7.76. The number of pyridine rings is 1. The van der Waals surface area contributed by atoms with Crippen molar-refractivity contribution < 1.29 is 14.7 Å². The number of aromatic nitrogens is 3. The molecule has 1 aliphatic carbocycles. The van der Waals surface area contributed by atoms with Gasteiger partial charge in [-0.05, 0) is 39.7 Å². The number of aliphatic carboxylic acids is 1. The third-order valence-electron chi connectivity index (χ3n) is 4.03. The Kier molecular flexibility index (Phi) is 3.79. The summed E-state index contributed by atoms with van der Waals surface area (Å²) >= 11 is 0. The van der Waals surface area contributed by atoms with Crippen molar-refractivity contribution in [3.63, 3.8) is 0 Å². The number of carbonyl (C=O) groups excluding carboxylic acids is 1. The molecule has 0 atom stereocenters. The van der Waals surface area contributed by atoms with Gasteiger partial charge in [-0.1, -0.05) is 0 Å². The van der Waals surface area contributed by atoms with E-state index in [0.717, 1.165) is 23.9 Å². The minimum Gasteiger partial charge on any atom is -0.480 e. The van der Waals surface area contributed by atoms with Crippen molar-refractivity contribution in [1.29, 1.82) is 0 Å². The second-order valence-electron chi connectivity index (χ2n) is 6.28. The predicted octanol–water partition coefficient (Wildman–Crippen LogP) is 2.01. The molecule has 7 heteroatoms. The fourth-order valence-electron chi connectivity index (χ4n) is 2.71. The molecule has 0 unspecified atom stereocenters. The van der Waals surface area contributed by atoms with Crippen molar-refractivity contribution in [2.45, 2.75) is 45.7 Å². The van der Waals surface area contributed by atoms with Gasteiger partial charge in [-0.2, -0.15) is 5.10 Å². The first-order valence-corrected chi connectivity index (χ1v) is 7.76. The number of carboxylic acid groups (broad SMARTS) is 1. The number of carboxylic acids is 1. The number of hydrogen-bond donors (Lipinski definition) is 1. The zero-order chi connectivity index (χ0) is 16.7. The Balaban J connectivity index is 2.00. The predicted molar refractivity (Wildman–Crippen MR) is 84.3 cm³/mol. The summed E-state index contributed by atoms with van der Waals surface area (Å²) in [6.07, 6.45) is 3.41. The number of rotatable bonds is 5. The summed E-state index contributed by atoms with van der Waals surface area (Å²) < 4.78 is 1.81. The molecule has 0 aliphatic heterocycles. The van der Waals surface area contributed by atoms with Gasteiger partial charge in [0.2, 0.25) is 0 Å². The molecule has 122 valence electrons. The van der Waals surface area contributed by atoms with Crippen LogP contribution in [0.15, 0.2) is 12.3 Å². The molecule has 7 nitrogen and oxygen atoms in total. The molecule has 0 radical (unpaired) electrons. The normalized spacial score (nSPS) is 14.4. The highest BCUT2D eigenvalue weighted by molar-refractivity contribution is 5.99. The van der Waals surface area contributed by atoms with Crippen LogP contribution < -0.4 is 0 Å². The minimum absolute atomic E-state index is 0.0343. The van der Waals surface area contributed by atoms with E-state index in [1.165, 1.54) is 4.90 Å². The van der Waals surface area contributed by atoms with Crippen LogP contribution in [0.5, 0.6) is 0 Å². The smallest absolute Gasteiger partial charge is 0.323 e. The number of aryl methyl sites for hydroxylation is 1. The van der Waals surface area contributed by atoms with Crippen LogP contribution in [0.3, 0.4) is 0 Å². The number of amides is 1. The third kappa shape index (κ3) is 2.91. The average molecular weight is 316 g/mol. The lowest BCUT2D eigenvalue weighted by atomic mass is 10.1. The number of hydrogen-bond acceptors (Lipinski definition) is 4. The molecule has 0 bridgehead atoms. The van der Waals surface area contributed by atoms with Gasteiger partial charge in [-0.25, -0.2) is 9.67 Å². The van der Waals surface area contributed by atoms with Gasteiger partial charge in [-0.15, -0.1) is 0 Å². The Hall–Kier alpha value is -2.44. The summed E-state index contributed by atoms with van der Waals surface area (Å²) in [6.45, 7) is 5.54. The highest BCUT2D eigenvalue weighted by atomic mass is 16.4. The summed E-state index contributed by atoms with van der Waals surface area (Å²) in [7, 11) is 0. The largest absolute Gasteiger partial charge is 0.480 e. The minimum atomic E-state index is -0.996. The van der Waals surface area contributed by atoms with E-state index in [-0.39, 0.29) is 24.5 Å². The van der Waals surface area contributed by atoms with Crippen molar-refractivity contribution in [3.05, 3.63) is 23.5 Å². The fourth-order valence-corrected chi connectivity index (χ4v) is 2.71. The van der Waals surface area contributed by atoms with Gasteiger partial charge in [0.25, 0.3) is 5.91 Å². The fraction of sp³-hybridized carbons (Fsp3) is 0.500. The first kappa shape index (κ1) is 15.5. The van der Waals surface area contributed by atoms with Crippen LogP contribution >= 0.6 is 0 Å². The maximum atomic E-state index is 12.8. The van der Waals surface area contributed by atoms with Gasteiger partial charge in [0.15, 0.2) is 5.65 Å². The third-order valence-corrected chi connectivity index (χ3v) is 4.03. The van der Waals surface area contributed by atoms with Crippen molar-refractivity contribution in [2.24, 2.45) is 0 Å². The van der Waals surface area contributed by atoms with Crippen LogP contribution in [0.1, 0.15) is 48.8 Å². The lowest BCUT2D eigenvalue weighted by molar-refractivity contribution is -0.137. The van der Waals surface area contributed by atoms with Gasteiger partial charge >= 0.3 is 5.97 Å². The van der Waals surface area contributed by atoms with Gasteiger partial charge in [0.05, 0.1) is 17.5 Å². The lowest BCUT2D eigenvalue weighted by Crippen LogP contribution is -2.37. The maximum absolute atomic E-state index is 12.8. The Morgan fingerprint density at radius 1 is 1.43 bits per heavy atom.